The largest absolute Gasteiger partial charge is 0.486 e. The minimum Gasteiger partial charge on any atom is -0.486 e. The Balaban J connectivity index is 1.69. The molecule has 0 unspecified atom stereocenters. The fourth-order valence-corrected chi connectivity index (χ4v) is 2.61. The average molecular weight is 337 g/mol. The number of nitrogens with one attached hydrogen (secondary N) is 1. The highest BCUT2D eigenvalue weighted by Crippen LogP contribution is 2.32. The summed E-state index contributed by atoms with van der Waals surface area (Å²) in [5, 5.41) is 2.74. The van der Waals surface area contributed by atoms with Crippen LogP contribution in [0.2, 0.25) is 0 Å². The van der Waals surface area contributed by atoms with Crippen molar-refractivity contribution in [3.8, 4) is 11.5 Å². The van der Waals surface area contributed by atoms with E-state index in [1.807, 2.05) is 0 Å². The van der Waals surface area contributed by atoms with Crippen molar-refractivity contribution < 1.29 is 23.0 Å². The average Bonchev–Trinajstić information content (AvgIpc) is 2.55. The minimum atomic E-state index is -2.48. The molecule has 2 aromatic carbocycles. The number of anilines is 1. The molecule has 0 bridgehead atoms. The number of amides is 1. The number of hydrogen-bond donors (Lipinski definition) is 1. The first-order valence-electron chi connectivity index (χ1n) is 6.88. The third-order valence-corrected chi connectivity index (χ3v) is 3.86. The molecule has 0 atom stereocenters. The van der Waals surface area contributed by atoms with Crippen LogP contribution >= 0.6 is 11.8 Å². The van der Waals surface area contributed by atoms with E-state index in [0.717, 1.165) is 0 Å². The molecule has 23 heavy (non-hydrogen) atoms. The van der Waals surface area contributed by atoms with Crippen molar-refractivity contribution in [2.75, 3.05) is 18.5 Å². The fraction of sp³-hybridized carbons (Fsp3) is 0.188. The summed E-state index contributed by atoms with van der Waals surface area (Å²) in [7, 11) is 0. The molecule has 120 valence electrons. The van der Waals surface area contributed by atoms with Gasteiger partial charge < -0.3 is 14.8 Å². The fourth-order valence-electron chi connectivity index (χ4n) is 2.11. The van der Waals surface area contributed by atoms with E-state index in [1.165, 1.54) is 24.3 Å². The van der Waals surface area contributed by atoms with Crippen LogP contribution in [0.15, 0.2) is 47.4 Å². The standard InChI is InChI=1S/C16H13F2NO3S/c17-16(18)23-12-4-1-10(2-5-12)15(20)19-11-3-6-13-14(9-11)22-8-7-21-13/h1-6,9,16H,7-8H2,(H,19,20). The number of benzene rings is 2. The molecule has 3 rings (SSSR count). The monoisotopic (exact) mass is 337 g/mol. The number of thioether (sulfide) groups is 1. The Morgan fingerprint density at radius 3 is 2.43 bits per heavy atom. The van der Waals surface area contributed by atoms with Crippen molar-refractivity contribution in [2.45, 2.75) is 10.7 Å². The van der Waals surface area contributed by atoms with E-state index in [1.54, 1.807) is 18.2 Å². The zero-order valence-electron chi connectivity index (χ0n) is 11.9. The van der Waals surface area contributed by atoms with Crippen molar-refractivity contribution in [2.24, 2.45) is 0 Å². The maximum absolute atomic E-state index is 12.3. The molecule has 1 N–H and O–H groups in total. The van der Waals surface area contributed by atoms with Gasteiger partial charge >= 0.3 is 0 Å². The molecule has 0 fully saturated rings. The Bertz CT molecular complexity index is 707. The summed E-state index contributed by atoms with van der Waals surface area (Å²) in [5.74, 6) is -1.58. The zero-order valence-corrected chi connectivity index (χ0v) is 12.7. The third kappa shape index (κ3) is 3.92. The molecule has 1 amide bonds. The van der Waals surface area contributed by atoms with Gasteiger partial charge in [-0.1, -0.05) is 11.8 Å². The summed E-state index contributed by atoms with van der Waals surface area (Å²) in [5.41, 5.74) is 0.962. The Hall–Kier alpha value is -2.28. The molecule has 0 spiro atoms. The highest BCUT2D eigenvalue weighted by molar-refractivity contribution is 7.99. The third-order valence-electron chi connectivity index (χ3n) is 3.14. The topological polar surface area (TPSA) is 47.6 Å². The van der Waals surface area contributed by atoms with Crippen molar-refractivity contribution in [1.29, 1.82) is 0 Å². The Morgan fingerprint density at radius 1 is 1.04 bits per heavy atom. The summed E-state index contributed by atoms with van der Waals surface area (Å²) in [6, 6.07) is 11.1. The van der Waals surface area contributed by atoms with Crippen LogP contribution in [-0.4, -0.2) is 24.9 Å². The first-order valence-corrected chi connectivity index (χ1v) is 7.76. The molecule has 0 aromatic heterocycles. The van der Waals surface area contributed by atoms with Crippen LogP contribution in [0.5, 0.6) is 11.5 Å². The zero-order chi connectivity index (χ0) is 16.2. The van der Waals surface area contributed by atoms with Crippen molar-refractivity contribution in [3.05, 3.63) is 48.0 Å². The van der Waals surface area contributed by atoms with Gasteiger partial charge in [0.05, 0.1) is 0 Å². The number of alkyl halides is 2. The van der Waals surface area contributed by atoms with Gasteiger partial charge in [0.25, 0.3) is 11.7 Å². The van der Waals surface area contributed by atoms with Gasteiger partial charge in [0.1, 0.15) is 13.2 Å². The van der Waals surface area contributed by atoms with E-state index in [0.29, 0.717) is 52.6 Å². The number of halogens is 2. The van der Waals surface area contributed by atoms with Crippen molar-refractivity contribution in [3.63, 3.8) is 0 Å². The van der Waals surface area contributed by atoms with Gasteiger partial charge in [-0.25, -0.2) is 0 Å². The number of ether oxygens (including phenoxy) is 2. The molecule has 7 heteroatoms. The predicted octanol–water partition coefficient (Wildman–Crippen LogP) is 4.02. The van der Waals surface area contributed by atoms with Crippen LogP contribution in [0.25, 0.3) is 0 Å². The summed E-state index contributed by atoms with van der Waals surface area (Å²) in [6.07, 6.45) is 0. The van der Waals surface area contributed by atoms with Crippen molar-refractivity contribution in [1.82, 2.24) is 0 Å². The van der Waals surface area contributed by atoms with Crippen molar-refractivity contribution >= 4 is 23.4 Å². The Kier molecular flexibility index (Phi) is 4.66. The second-order valence-electron chi connectivity index (χ2n) is 4.72. The SMILES string of the molecule is O=C(Nc1ccc2c(c1)OCCO2)c1ccc(SC(F)F)cc1. The van der Waals surface area contributed by atoms with E-state index >= 15 is 0 Å². The molecule has 0 aliphatic carbocycles. The van der Waals surface area contributed by atoms with Gasteiger partial charge in [0.15, 0.2) is 11.5 Å². The first-order chi connectivity index (χ1) is 11.1. The van der Waals surface area contributed by atoms with Gasteiger partial charge in [0.2, 0.25) is 0 Å². The Labute approximate surface area is 135 Å². The van der Waals surface area contributed by atoms with Gasteiger partial charge in [-0.15, -0.1) is 0 Å². The van der Waals surface area contributed by atoms with E-state index < -0.39 is 5.76 Å². The smallest absolute Gasteiger partial charge is 0.288 e. The molecule has 1 heterocycles. The molecule has 0 saturated heterocycles. The molecule has 1 aliphatic rings. The molecule has 4 nitrogen and oxygen atoms in total. The Morgan fingerprint density at radius 2 is 1.74 bits per heavy atom. The highest BCUT2D eigenvalue weighted by atomic mass is 32.2. The van der Waals surface area contributed by atoms with Crippen LogP contribution in [0, 0.1) is 0 Å². The lowest BCUT2D eigenvalue weighted by atomic mass is 10.2. The summed E-state index contributed by atoms with van der Waals surface area (Å²) in [4.78, 5) is 12.6. The summed E-state index contributed by atoms with van der Waals surface area (Å²) < 4.78 is 35.4. The second kappa shape index (κ2) is 6.87. The number of carbonyl (C=O) groups excluding carboxylic acids is 1. The molecular weight excluding hydrogens is 324 g/mol. The number of carbonyl (C=O) groups is 1. The molecular formula is C16H13F2NO3S. The number of fused-ring (bicyclic) bond motifs is 1. The lowest BCUT2D eigenvalue weighted by Gasteiger charge is -2.19. The molecule has 1 aliphatic heterocycles. The van der Waals surface area contributed by atoms with E-state index in [9.17, 15) is 13.6 Å². The van der Waals surface area contributed by atoms with Crippen LogP contribution in [0.3, 0.4) is 0 Å². The van der Waals surface area contributed by atoms with Gasteiger partial charge in [0, 0.05) is 22.2 Å². The number of hydrogen-bond acceptors (Lipinski definition) is 4. The molecule has 0 radical (unpaired) electrons. The summed E-state index contributed by atoms with van der Waals surface area (Å²) >= 11 is 0.443. The predicted molar refractivity (Wildman–Crippen MR) is 83.7 cm³/mol. The maximum atomic E-state index is 12.3. The maximum Gasteiger partial charge on any atom is 0.288 e. The van der Waals surface area contributed by atoms with Crippen LogP contribution < -0.4 is 14.8 Å². The van der Waals surface area contributed by atoms with Crippen LogP contribution in [-0.2, 0) is 0 Å². The van der Waals surface area contributed by atoms with Gasteiger partial charge in [-0.05, 0) is 36.4 Å². The van der Waals surface area contributed by atoms with E-state index in [2.05, 4.69) is 5.32 Å². The van der Waals surface area contributed by atoms with E-state index in [-0.39, 0.29) is 5.91 Å². The van der Waals surface area contributed by atoms with Gasteiger partial charge in [-0.3, -0.25) is 4.79 Å². The first kappa shape index (κ1) is 15.6. The lowest BCUT2D eigenvalue weighted by molar-refractivity contribution is 0.102. The van der Waals surface area contributed by atoms with E-state index in [4.69, 9.17) is 9.47 Å². The molecule has 0 saturated carbocycles. The molecule has 2 aromatic rings. The van der Waals surface area contributed by atoms with Gasteiger partial charge in [-0.2, -0.15) is 8.78 Å². The van der Waals surface area contributed by atoms with Crippen LogP contribution in [0.4, 0.5) is 14.5 Å². The lowest BCUT2D eigenvalue weighted by Crippen LogP contribution is -2.16. The quantitative estimate of drug-likeness (QED) is 0.856. The summed E-state index contributed by atoms with van der Waals surface area (Å²) in [6.45, 7) is 0.968. The second-order valence-corrected chi connectivity index (χ2v) is 5.78. The minimum absolute atomic E-state index is 0.324. The highest BCUT2D eigenvalue weighted by Gasteiger charge is 2.13. The number of rotatable bonds is 4. The van der Waals surface area contributed by atoms with Crippen LogP contribution in [0.1, 0.15) is 10.4 Å². The normalized spacial score (nSPS) is 13.0.